The molecule has 0 fully saturated rings. The zero-order chi connectivity index (χ0) is 32.3. The van der Waals surface area contributed by atoms with Crippen LogP contribution in [-0.2, 0) is 17.0 Å². The molecule has 0 radical (unpaired) electrons. The summed E-state index contributed by atoms with van der Waals surface area (Å²) < 4.78 is 75.8. The first-order chi connectivity index (χ1) is 19.5. The molecule has 2 aromatic heterocycles. The highest BCUT2D eigenvalue weighted by Gasteiger charge is 2.46. The number of pyridine rings is 2. The third kappa shape index (κ3) is 7.06. The molecule has 0 spiro atoms. The topological polar surface area (TPSA) is 55.2 Å². The van der Waals surface area contributed by atoms with Crippen molar-refractivity contribution in [1.82, 2.24) is 9.97 Å². The van der Waals surface area contributed by atoms with Crippen LogP contribution in [0.3, 0.4) is 0 Å². The number of hydrogen-bond acceptors (Lipinski definition) is 4. The number of fused-ring (bicyclic) bond motifs is 1. The highest BCUT2D eigenvalue weighted by Crippen LogP contribution is 2.52. The van der Waals surface area contributed by atoms with Gasteiger partial charge in [0.05, 0.1) is 23.1 Å². The molecule has 2 aliphatic carbocycles. The van der Waals surface area contributed by atoms with Gasteiger partial charge in [-0.2, -0.15) is 13.2 Å². The summed E-state index contributed by atoms with van der Waals surface area (Å²) in [6.07, 6.45) is -3.45. The molecule has 2 aliphatic rings. The Hall–Kier alpha value is -2.17. The summed E-state index contributed by atoms with van der Waals surface area (Å²) in [5.74, 6) is -3.00. The van der Waals surface area contributed by atoms with E-state index < -0.39 is 44.6 Å². The normalized spacial score (nSPS) is 21.4. The molecule has 4 rings (SSSR count). The van der Waals surface area contributed by atoms with Crippen LogP contribution in [0, 0.1) is 5.41 Å². The number of aliphatic hydroxyl groups is 1. The maximum Gasteiger partial charge on any atom is 0.417 e. The molecule has 0 aromatic carbocycles. The number of alkyl halides is 5. The average Bonchev–Trinajstić information content (AvgIpc) is 2.85. The molecule has 43 heavy (non-hydrogen) atoms. The standard InChI is InChI=1S/C33H45F5N2O2Si/c1-19(2)28-27(29(41)22-11-10-21(18-39-22)33(36,37)38)25(20-12-14-32(34,35)15-13-20)26-23(40-28)16-31(6,7)17-24(26)42-43(8,9)30(3,4)5/h10-12,18-19,24,29,41H,13-17H2,1-9H3/t24?,29-/m1/s1. The van der Waals surface area contributed by atoms with E-state index >= 15 is 0 Å². The fourth-order valence-corrected chi connectivity index (χ4v) is 7.16. The molecule has 10 heteroatoms. The van der Waals surface area contributed by atoms with E-state index in [0.717, 1.165) is 17.3 Å². The van der Waals surface area contributed by atoms with Crippen LogP contribution in [0.2, 0.25) is 18.1 Å². The summed E-state index contributed by atoms with van der Waals surface area (Å²) in [6.45, 7) is 19.0. The van der Waals surface area contributed by atoms with E-state index in [9.17, 15) is 27.1 Å². The van der Waals surface area contributed by atoms with Gasteiger partial charge in [-0.15, -0.1) is 0 Å². The first kappa shape index (κ1) is 33.7. The zero-order valence-electron chi connectivity index (χ0n) is 26.7. The van der Waals surface area contributed by atoms with Gasteiger partial charge in [-0.25, -0.2) is 8.78 Å². The molecular weight excluding hydrogens is 579 g/mol. The van der Waals surface area contributed by atoms with Gasteiger partial charge in [-0.3, -0.25) is 9.97 Å². The second-order valence-corrected chi connectivity index (χ2v) is 19.6. The van der Waals surface area contributed by atoms with Crippen LogP contribution in [0.4, 0.5) is 22.0 Å². The van der Waals surface area contributed by atoms with Gasteiger partial charge in [0.2, 0.25) is 0 Å². The van der Waals surface area contributed by atoms with Gasteiger partial charge in [0.25, 0.3) is 5.92 Å². The van der Waals surface area contributed by atoms with Crippen LogP contribution in [0.25, 0.3) is 5.57 Å². The van der Waals surface area contributed by atoms with E-state index in [1.807, 2.05) is 13.8 Å². The van der Waals surface area contributed by atoms with Crippen molar-refractivity contribution < 1.29 is 31.5 Å². The Morgan fingerprint density at radius 1 is 1.09 bits per heavy atom. The number of halogens is 5. The lowest BCUT2D eigenvalue weighted by Crippen LogP contribution is -2.44. The fraction of sp³-hybridized carbons (Fsp3) is 0.636. The van der Waals surface area contributed by atoms with Crippen molar-refractivity contribution in [3.05, 3.63) is 63.7 Å². The first-order valence-electron chi connectivity index (χ1n) is 15.1. The summed E-state index contributed by atoms with van der Waals surface area (Å²) in [5, 5.41) is 11.8. The lowest BCUT2D eigenvalue weighted by molar-refractivity contribution is -0.137. The van der Waals surface area contributed by atoms with Crippen molar-refractivity contribution in [2.75, 3.05) is 0 Å². The third-order valence-electron chi connectivity index (χ3n) is 9.27. The largest absolute Gasteiger partial charge is 0.417 e. The van der Waals surface area contributed by atoms with Gasteiger partial charge >= 0.3 is 6.18 Å². The molecule has 0 aliphatic heterocycles. The average molecular weight is 625 g/mol. The van der Waals surface area contributed by atoms with Crippen molar-refractivity contribution in [2.24, 2.45) is 5.41 Å². The Labute approximate surface area is 253 Å². The maximum atomic E-state index is 14.4. The number of rotatable bonds is 6. The lowest BCUT2D eigenvalue weighted by atomic mass is 9.70. The van der Waals surface area contributed by atoms with Gasteiger partial charge < -0.3 is 9.53 Å². The maximum absolute atomic E-state index is 14.4. The number of hydrogen-bond donors (Lipinski definition) is 1. The van der Waals surface area contributed by atoms with Crippen molar-refractivity contribution in [2.45, 2.75) is 129 Å². The fourth-order valence-electron chi connectivity index (χ4n) is 5.89. The van der Waals surface area contributed by atoms with Crippen LogP contribution in [-0.4, -0.2) is 29.3 Å². The second-order valence-electron chi connectivity index (χ2n) is 14.9. The quantitative estimate of drug-likeness (QED) is 0.257. The number of aliphatic hydroxyl groups excluding tert-OH is 1. The summed E-state index contributed by atoms with van der Waals surface area (Å²) in [5.41, 5.74) is 2.96. The molecule has 0 amide bonds. The third-order valence-corrected chi connectivity index (χ3v) is 13.8. The molecule has 2 aromatic rings. The highest BCUT2D eigenvalue weighted by atomic mass is 28.4. The number of nitrogens with zero attached hydrogens (tertiary/aromatic N) is 2. The Morgan fingerprint density at radius 3 is 2.23 bits per heavy atom. The summed E-state index contributed by atoms with van der Waals surface area (Å²) in [6, 6.07) is 2.08. The van der Waals surface area contributed by atoms with Gasteiger partial charge in [0, 0.05) is 35.9 Å². The molecule has 0 saturated carbocycles. The van der Waals surface area contributed by atoms with Crippen LogP contribution in [0.5, 0.6) is 0 Å². The molecule has 1 unspecified atom stereocenters. The molecule has 2 heterocycles. The Bertz CT molecular complexity index is 1380. The second kappa shape index (κ2) is 11.3. The predicted molar refractivity (Wildman–Crippen MR) is 162 cm³/mol. The molecule has 0 saturated heterocycles. The van der Waals surface area contributed by atoms with Crippen molar-refractivity contribution in [3.63, 3.8) is 0 Å². The van der Waals surface area contributed by atoms with Crippen molar-refractivity contribution in [1.29, 1.82) is 0 Å². The SMILES string of the molecule is CC(C)c1nc2c(c(C3=CCC(F)(F)CC3)c1[C@H](O)c1ccc(C(F)(F)F)cn1)C(O[Si](C)(C)C(C)(C)C)CC(C)(C)C2. The first-order valence-corrected chi connectivity index (χ1v) is 18.0. The molecular formula is C33H45F5N2O2Si. The minimum atomic E-state index is -4.57. The van der Waals surface area contributed by atoms with Gasteiger partial charge in [0.1, 0.15) is 6.10 Å². The Morgan fingerprint density at radius 2 is 1.74 bits per heavy atom. The van der Waals surface area contributed by atoms with Crippen LogP contribution in [0.1, 0.15) is 132 Å². The molecule has 238 valence electrons. The van der Waals surface area contributed by atoms with E-state index in [-0.39, 0.29) is 34.9 Å². The van der Waals surface area contributed by atoms with Crippen LogP contribution >= 0.6 is 0 Å². The highest BCUT2D eigenvalue weighted by molar-refractivity contribution is 6.74. The van der Waals surface area contributed by atoms with E-state index in [0.29, 0.717) is 41.4 Å². The minimum Gasteiger partial charge on any atom is -0.410 e. The Balaban J connectivity index is 2.03. The number of aromatic nitrogens is 2. The zero-order valence-corrected chi connectivity index (χ0v) is 27.7. The molecule has 4 nitrogen and oxygen atoms in total. The monoisotopic (exact) mass is 624 g/mol. The lowest BCUT2D eigenvalue weighted by Gasteiger charge is -2.45. The molecule has 2 atom stereocenters. The van der Waals surface area contributed by atoms with Crippen molar-refractivity contribution >= 4 is 13.9 Å². The predicted octanol–water partition coefficient (Wildman–Crippen LogP) is 9.94. The number of allylic oxidation sites excluding steroid dienone is 2. The van der Waals surface area contributed by atoms with Crippen molar-refractivity contribution in [3.8, 4) is 0 Å². The van der Waals surface area contributed by atoms with E-state index in [4.69, 9.17) is 9.41 Å². The summed E-state index contributed by atoms with van der Waals surface area (Å²) in [4.78, 5) is 9.15. The van der Waals surface area contributed by atoms with Crippen LogP contribution in [0.15, 0.2) is 24.4 Å². The molecule has 1 N–H and O–H groups in total. The summed E-state index contributed by atoms with van der Waals surface area (Å²) in [7, 11) is -2.34. The minimum absolute atomic E-state index is 0.0395. The smallest absolute Gasteiger partial charge is 0.410 e. The van der Waals surface area contributed by atoms with Gasteiger partial charge in [-0.05, 0) is 72.0 Å². The summed E-state index contributed by atoms with van der Waals surface area (Å²) >= 11 is 0. The van der Waals surface area contributed by atoms with Gasteiger partial charge in [0.15, 0.2) is 8.32 Å². The van der Waals surface area contributed by atoms with E-state index in [2.05, 4.69) is 52.7 Å². The van der Waals surface area contributed by atoms with Gasteiger partial charge in [-0.1, -0.05) is 54.5 Å². The molecule has 0 bridgehead atoms. The van der Waals surface area contributed by atoms with E-state index in [1.54, 1.807) is 6.08 Å². The Kier molecular flexibility index (Phi) is 8.88. The van der Waals surface area contributed by atoms with E-state index in [1.165, 1.54) is 6.07 Å². The van der Waals surface area contributed by atoms with Crippen LogP contribution < -0.4 is 0 Å².